The molecule has 1 aromatic carbocycles. The van der Waals surface area contributed by atoms with Crippen LogP contribution in [0.3, 0.4) is 0 Å². The summed E-state index contributed by atoms with van der Waals surface area (Å²) in [6.45, 7) is 1.62. The molecule has 1 heterocycles. The topological polar surface area (TPSA) is 110 Å². The average Bonchev–Trinajstić information content (AvgIpc) is 3.05. The standard InChI is InChI=1S/C26H25NO7/c1-11-7-17(28)16-10-15-13(5-6-14-21(15)26(32)27(2)25(14)31)20(22(16)23(11)29)12-8-18(33-3)24(30)19(9-12)34-4/h5,7-9,14-15,20-21,30H,6,10H2,1-4H3. The maximum absolute atomic E-state index is 13.4. The summed E-state index contributed by atoms with van der Waals surface area (Å²) in [6, 6.07) is 3.25. The van der Waals surface area contributed by atoms with Crippen molar-refractivity contribution in [3.05, 3.63) is 52.1 Å². The molecule has 0 radical (unpaired) electrons. The van der Waals surface area contributed by atoms with Gasteiger partial charge in [0.25, 0.3) is 0 Å². The number of hydrogen-bond donors (Lipinski definition) is 1. The summed E-state index contributed by atoms with van der Waals surface area (Å²) in [7, 11) is 4.32. The van der Waals surface area contributed by atoms with E-state index < -0.39 is 23.7 Å². The zero-order valence-electron chi connectivity index (χ0n) is 19.4. The van der Waals surface area contributed by atoms with Crippen LogP contribution < -0.4 is 9.47 Å². The van der Waals surface area contributed by atoms with Crippen LogP contribution in [-0.4, -0.2) is 54.7 Å². The molecule has 0 bridgehead atoms. The molecular formula is C26H25NO7. The van der Waals surface area contributed by atoms with Crippen molar-refractivity contribution < 1.29 is 33.8 Å². The Morgan fingerprint density at radius 1 is 1.00 bits per heavy atom. The van der Waals surface area contributed by atoms with Gasteiger partial charge in [0, 0.05) is 29.7 Å². The van der Waals surface area contributed by atoms with Crippen molar-refractivity contribution in [2.75, 3.05) is 21.3 Å². The summed E-state index contributed by atoms with van der Waals surface area (Å²) < 4.78 is 10.7. The number of ether oxygens (including phenoxy) is 2. The number of benzene rings is 1. The molecule has 1 fully saturated rings. The molecule has 8 heteroatoms. The minimum absolute atomic E-state index is 0.168. The lowest BCUT2D eigenvalue weighted by atomic mass is 9.59. The van der Waals surface area contributed by atoms with Gasteiger partial charge in [0.05, 0.1) is 26.1 Å². The van der Waals surface area contributed by atoms with Gasteiger partial charge in [0.1, 0.15) is 0 Å². The lowest BCUT2D eigenvalue weighted by Crippen LogP contribution is -2.39. The van der Waals surface area contributed by atoms with Gasteiger partial charge in [-0.05, 0) is 49.5 Å². The predicted octanol–water partition coefficient (Wildman–Crippen LogP) is 2.47. The van der Waals surface area contributed by atoms with Crippen molar-refractivity contribution in [2.24, 2.45) is 17.8 Å². The van der Waals surface area contributed by atoms with Gasteiger partial charge in [-0.3, -0.25) is 24.1 Å². The molecule has 1 aromatic rings. The van der Waals surface area contributed by atoms with Crippen molar-refractivity contribution in [1.82, 2.24) is 4.90 Å². The molecule has 0 spiro atoms. The Morgan fingerprint density at radius 2 is 1.65 bits per heavy atom. The second-order valence-corrected chi connectivity index (χ2v) is 9.24. The Bertz CT molecular complexity index is 1240. The number of Topliss-reactive ketones (excluding diaryl/α,β-unsaturated/α-hetero) is 1. The molecule has 2 amide bonds. The molecular weight excluding hydrogens is 438 g/mol. The minimum Gasteiger partial charge on any atom is -0.502 e. The van der Waals surface area contributed by atoms with Crippen molar-refractivity contribution in [2.45, 2.75) is 25.7 Å². The molecule has 0 aromatic heterocycles. The van der Waals surface area contributed by atoms with Crippen LogP contribution in [0.5, 0.6) is 17.2 Å². The van der Waals surface area contributed by atoms with E-state index in [9.17, 15) is 24.3 Å². The molecule has 8 nitrogen and oxygen atoms in total. The average molecular weight is 463 g/mol. The number of aromatic hydroxyl groups is 1. The molecule has 4 atom stereocenters. The summed E-state index contributed by atoms with van der Waals surface area (Å²) in [5, 5.41) is 10.4. The molecule has 176 valence electrons. The first-order valence-corrected chi connectivity index (χ1v) is 11.2. The number of phenols is 1. The fraction of sp³-hybridized carbons (Fsp3) is 0.385. The normalized spacial score (nSPS) is 28.3. The van der Waals surface area contributed by atoms with Gasteiger partial charge in [-0.15, -0.1) is 0 Å². The molecule has 1 aliphatic heterocycles. The van der Waals surface area contributed by atoms with E-state index in [1.807, 2.05) is 6.08 Å². The molecule has 1 N–H and O–H groups in total. The molecule has 0 saturated carbocycles. The summed E-state index contributed by atoms with van der Waals surface area (Å²) in [5.41, 5.74) is 2.55. The van der Waals surface area contributed by atoms with E-state index >= 15 is 0 Å². The van der Waals surface area contributed by atoms with E-state index in [1.165, 1.54) is 32.2 Å². The highest BCUT2D eigenvalue weighted by Crippen LogP contribution is 2.56. The fourth-order valence-electron chi connectivity index (χ4n) is 5.98. The van der Waals surface area contributed by atoms with E-state index in [0.717, 1.165) is 5.57 Å². The van der Waals surface area contributed by atoms with Crippen LogP contribution in [-0.2, 0) is 19.2 Å². The highest BCUT2D eigenvalue weighted by atomic mass is 16.5. The summed E-state index contributed by atoms with van der Waals surface area (Å²) in [6.07, 6.45) is 3.90. The van der Waals surface area contributed by atoms with Crippen LogP contribution in [0.2, 0.25) is 0 Å². The van der Waals surface area contributed by atoms with Gasteiger partial charge in [0.2, 0.25) is 17.6 Å². The predicted molar refractivity (Wildman–Crippen MR) is 120 cm³/mol. The minimum atomic E-state index is -0.632. The first-order chi connectivity index (χ1) is 16.2. The summed E-state index contributed by atoms with van der Waals surface area (Å²) >= 11 is 0. The lowest BCUT2D eigenvalue weighted by Gasteiger charge is -2.42. The third-order valence-corrected chi connectivity index (χ3v) is 7.62. The van der Waals surface area contributed by atoms with E-state index in [2.05, 4.69) is 0 Å². The van der Waals surface area contributed by atoms with Crippen molar-refractivity contribution >= 4 is 23.4 Å². The van der Waals surface area contributed by atoms with Crippen LogP contribution >= 0.6 is 0 Å². The van der Waals surface area contributed by atoms with Crippen LogP contribution in [0.25, 0.3) is 0 Å². The number of carbonyl (C=O) groups is 4. The van der Waals surface area contributed by atoms with Crippen molar-refractivity contribution in [3.8, 4) is 17.2 Å². The fourth-order valence-corrected chi connectivity index (χ4v) is 5.98. The van der Waals surface area contributed by atoms with Gasteiger partial charge in [-0.25, -0.2) is 0 Å². The number of nitrogens with zero attached hydrogens (tertiary/aromatic N) is 1. The first kappa shape index (κ1) is 22.1. The molecule has 4 unspecified atom stereocenters. The van der Waals surface area contributed by atoms with Crippen LogP contribution in [0.15, 0.2) is 46.6 Å². The van der Waals surface area contributed by atoms with Crippen molar-refractivity contribution in [1.29, 1.82) is 0 Å². The van der Waals surface area contributed by atoms with Crippen LogP contribution in [0.1, 0.15) is 31.2 Å². The summed E-state index contributed by atoms with van der Waals surface area (Å²) in [5.74, 6) is -2.85. The number of likely N-dealkylation sites (tertiary alicyclic amines) is 1. The molecule has 34 heavy (non-hydrogen) atoms. The molecule has 4 aliphatic rings. The second-order valence-electron chi connectivity index (χ2n) is 9.24. The molecule has 1 saturated heterocycles. The highest BCUT2D eigenvalue weighted by Gasteiger charge is 2.55. The monoisotopic (exact) mass is 463 g/mol. The number of hydrogen-bond acceptors (Lipinski definition) is 7. The second kappa shape index (κ2) is 7.68. The number of rotatable bonds is 3. The Labute approximate surface area is 196 Å². The number of carbonyl (C=O) groups excluding carboxylic acids is 4. The molecule has 3 aliphatic carbocycles. The number of phenolic OH excluding ortho intramolecular Hbond substituents is 1. The van der Waals surface area contributed by atoms with E-state index in [1.54, 1.807) is 19.1 Å². The SMILES string of the molecule is COc1cc(C2C3=CCC4C(=O)N(C)C(=O)C4C3CC3=C2C(=O)C(C)=CC3=O)cc(OC)c1O. The number of fused-ring (bicyclic) bond motifs is 3. The van der Waals surface area contributed by atoms with Gasteiger partial charge in [-0.1, -0.05) is 11.6 Å². The van der Waals surface area contributed by atoms with Crippen LogP contribution in [0, 0.1) is 17.8 Å². The highest BCUT2D eigenvalue weighted by molar-refractivity contribution is 6.23. The van der Waals surface area contributed by atoms with Gasteiger partial charge in [-0.2, -0.15) is 0 Å². The number of allylic oxidation sites excluding steroid dienone is 6. The Kier molecular flexibility index (Phi) is 5.00. The lowest BCUT2D eigenvalue weighted by molar-refractivity contribution is -0.138. The van der Waals surface area contributed by atoms with Crippen molar-refractivity contribution in [3.63, 3.8) is 0 Å². The maximum atomic E-state index is 13.4. The smallest absolute Gasteiger partial charge is 0.233 e. The quantitative estimate of drug-likeness (QED) is 0.417. The largest absolute Gasteiger partial charge is 0.502 e. The zero-order valence-corrected chi connectivity index (χ0v) is 19.4. The van der Waals surface area contributed by atoms with Gasteiger partial charge in [0.15, 0.2) is 23.1 Å². The summed E-state index contributed by atoms with van der Waals surface area (Å²) in [4.78, 5) is 53.4. The molecule has 5 rings (SSSR count). The van der Waals surface area contributed by atoms with E-state index in [-0.39, 0.29) is 47.1 Å². The van der Waals surface area contributed by atoms with E-state index in [4.69, 9.17) is 9.47 Å². The van der Waals surface area contributed by atoms with Gasteiger partial charge < -0.3 is 14.6 Å². The number of ketones is 2. The van der Waals surface area contributed by atoms with Crippen LogP contribution in [0.4, 0.5) is 0 Å². The number of amides is 2. The zero-order chi connectivity index (χ0) is 24.5. The maximum Gasteiger partial charge on any atom is 0.233 e. The number of methoxy groups -OCH3 is 2. The Hall–Kier alpha value is -3.68. The third-order valence-electron chi connectivity index (χ3n) is 7.62. The Balaban J connectivity index is 1.75. The third kappa shape index (κ3) is 2.90. The first-order valence-electron chi connectivity index (χ1n) is 11.2. The van der Waals surface area contributed by atoms with E-state index in [0.29, 0.717) is 28.7 Å². The number of imide groups is 1. The van der Waals surface area contributed by atoms with Gasteiger partial charge >= 0.3 is 0 Å². The Morgan fingerprint density at radius 3 is 2.26 bits per heavy atom.